The molecule has 98 valence electrons. The van der Waals surface area contributed by atoms with E-state index in [1.54, 1.807) is 0 Å². The molecule has 0 saturated heterocycles. The quantitative estimate of drug-likeness (QED) is 0.838. The van der Waals surface area contributed by atoms with E-state index in [1.807, 2.05) is 18.2 Å². The Hall–Kier alpha value is -1.55. The van der Waals surface area contributed by atoms with E-state index in [4.69, 9.17) is 10.5 Å². The predicted octanol–water partition coefficient (Wildman–Crippen LogP) is 2.08. The molecule has 1 aliphatic heterocycles. The molecule has 2 rings (SSSR count). The third-order valence-electron chi connectivity index (χ3n) is 3.16. The van der Waals surface area contributed by atoms with E-state index in [1.165, 1.54) is 0 Å². The van der Waals surface area contributed by atoms with Crippen LogP contribution in [0.3, 0.4) is 0 Å². The van der Waals surface area contributed by atoms with Gasteiger partial charge in [0.05, 0.1) is 12.6 Å². The lowest BCUT2D eigenvalue weighted by Crippen LogP contribution is -2.35. The van der Waals surface area contributed by atoms with E-state index in [9.17, 15) is 4.79 Å². The monoisotopic (exact) mass is 248 g/mol. The molecule has 18 heavy (non-hydrogen) atoms. The molecule has 1 aromatic carbocycles. The second kappa shape index (κ2) is 5.87. The molecule has 0 saturated carbocycles. The number of carbonyl (C=O) groups is 1. The van der Waals surface area contributed by atoms with Crippen molar-refractivity contribution in [3.05, 3.63) is 23.8 Å². The molecule has 4 heteroatoms. The van der Waals surface area contributed by atoms with Gasteiger partial charge in [-0.05, 0) is 30.2 Å². The van der Waals surface area contributed by atoms with Gasteiger partial charge < -0.3 is 15.8 Å². The first-order chi connectivity index (χ1) is 8.70. The zero-order valence-corrected chi connectivity index (χ0v) is 10.7. The van der Waals surface area contributed by atoms with Gasteiger partial charge in [-0.3, -0.25) is 4.79 Å². The Morgan fingerprint density at radius 3 is 3.17 bits per heavy atom. The predicted molar refractivity (Wildman–Crippen MR) is 71.8 cm³/mol. The summed E-state index contributed by atoms with van der Waals surface area (Å²) in [6, 6.07) is 5.30. The van der Waals surface area contributed by atoms with Crippen LogP contribution in [-0.4, -0.2) is 18.6 Å². The average molecular weight is 248 g/mol. The molecule has 0 aliphatic carbocycles. The van der Waals surface area contributed by atoms with Crippen LogP contribution in [0.25, 0.3) is 0 Å². The second-order valence-corrected chi connectivity index (χ2v) is 4.66. The topological polar surface area (TPSA) is 64.4 Å². The zero-order valence-electron chi connectivity index (χ0n) is 10.7. The summed E-state index contributed by atoms with van der Waals surface area (Å²) in [7, 11) is 0. The normalized spacial score (nSPS) is 14.8. The number of carbonyl (C=O) groups excluding carboxylic acids is 1. The van der Waals surface area contributed by atoms with Gasteiger partial charge in [-0.25, -0.2) is 0 Å². The first-order valence-corrected chi connectivity index (χ1v) is 6.53. The highest BCUT2D eigenvalue weighted by atomic mass is 16.5. The molecule has 4 nitrogen and oxygen atoms in total. The molecule has 1 unspecified atom stereocenters. The summed E-state index contributed by atoms with van der Waals surface area (Å²) >= 11 is 0. The van der Waals surface area contributed by atoms with E-state index in [0.29, 0.717) is 0 Å². The minimum Gasteiger partial charge on any atom is -0.493 e. The van der Waals surface area contributed by atoms with Crippen molar-refractivity contribution in [3.63, 3.8) is 0 Å². The molecule has 1 aliphatic rings. The van der Waals surface area contributed by atoms with Gasteiger partial charge in [-0.2, -0.15) is 0 Å². The average Bonchev–Trinajstić information content (AvgIpc) is 2.83. The van der Waals surface area contributed by atoms with Crippen LogP contribution in [0.5, 0.6) is 5.75 Å². The first kappa shape index (κ1) is 12.9. The van der Waals surface area contributed by atoms with Crippen molar-refractivity contribution in [3.8, 4) is 5.75 Å². The highest BCUT2D eigenvalue weighted by Crippen LogP contribution is 2.27. The van der Waals surface area contributed by atoms with E-state index >= 15 is 0 Å². The van der Waals surface area contributed by atoms with Crippen LogP contribution >= 0.6 is 0 Å². The van der Waals surface area contributed by atoms with Gasteiger partial charge >= 0.3 is 0 Å². The number of benzene rings is 1. The second-order valence-electron chi connectivity index (χ2n) is 4.66. The highest BCUT2D eigenvalue weighted by Gasteiger charge is 2.15. The number of nitrogens with one attached hydrogen (secondary N) is 1. The Kier molecular flexibility index (Phi) is 4.20. The molecule has 0 aromatic heterocycles. The minimum absolute atomic E-state index is 0.109. The van der Waals surface area contributed by atoms with Crippen molar-refractivity contribution in [1.82, 2.24) is 0 Å². The SMILES string of the molecule is CCCCC(N)C(=O)Nc1ccc2c(c1)CCO2. The molecular weight excluding hydrogens is 228 g/mol. The molecule has 1 atom stereocenters. The van der Waals surface area contributed by atoms with Gasteiger partial charge in [0.25, 0.3) is 0 Å². The largest absolute Gasteiger partial charge is 0.493 e. The third-order valence-corrected chi connectivity index (χ3v) is 3.16. The standard InChI is InChI=1S/C14H20N2O2/c1-2-3-4-12(15)14(17)16-11-5-6-13-10(9-11)7-8-18-13/h5-6,9,12H,2-4,7-8,15H2,1H3,(H,16,17). The number of hydrogen-bond acceptors (Lipinski definition) is 3. The lowest BCUT2D eigenvalue weighted by atomic mass is 10.1. The summed E-state index contributed by atoms with van der Waals surface area (Å²) in [5.74, 6) is 0.811. The number of fused-ring (bicyclic) bond motifs is 1. The molecule has 1 heterocycles. The van der Waals surface area contributed by atoms with Crippen LogP contribution in [0.15, 0.2) is 18.2 Å². The van der Waals surface area contributed by atoms with Crippen molar-refractivity contribution in [1.29, 1.82) is 0 Å². The van der Waals surface area contributed by atoms with Crippen molar-refractivity contribution in [2.45, 2.75) is 38.6 Å². The number of anilines is 1. The molecular formula is C14H20N2O2. The maximum atomic E-state index is 11.9. The van der Waals surface area contributed by atoms with Crippen LogP contribution in [0.1, 0.15) is 31.7 Å². The Morgan fingerprint density at radius 1 is 1.56 bits per heavy atom. The van der Waals surface area contributed by atoms with Crippen molar-refractivity contribution in [2.75, 3.05) is 11.9 Å². The number of ether oxygens (including phenoxy) is 1. The Labute approximate surface area is 108 Å². The summed E-state index contributed by atoms with van der Waals surface area (Å²) in [6.45, 7) is 2.81. The fraction of sp³-hybridized carbons (Fsp3) is 0.500. The number of amides is 1. The number of nitrogens with two attached hydrogens (primary N) is 1. The molecule has 1 amide bonds. The smallest absolute Gasteiger partial charge is 0.241 e. The van der Waals surface area contributed by atoms with E-state index in [0.717, 1.165) is 49.3 Å². The summed E-state index contributed by atoms with van der Waals surface area (Å²) in [4.78, 5) is 11.9. The van der Waals surface area contributed by atoms with Crippen molar-refractivity contribution < 1.29 is 9.53 Å². The van der Waals surface area contributed by atoms with Gasteiger partial charge in [0, 0.05) is 12.1 Å². The molecule has 1 aromatic rings. The molecule has 0 spiro atoms. The van der Waals surface area contributed by atoms with E-state index < -0.39 is 6.04 Å². The molecule has 3 N–H and O–H groups in total. The summed E-state index contributed by atoms with van der Waals surface area (Å²) in [6.07, 6.45) is 3.67. The molecule has 0 radical (unpaired) electrons. The Morgan fingerprint density at radius 2 is 2.39 bits per heavy atom. The van der Waals surface area contributed by atoms with Crippen molar-refractivity contribution in [2.24, 2.45) is 5.73 Å². The van der Waals surface area contributed by atoms with Crippen LogP contribution in [-0.2, 0) is 11.2 Å². The van der Waals surface area contributed by atoms with Gasteiger partial charge in [0.15, 0.2) is 0 Å². The van der Waals surface area contributed by atoms with Gasteiger partial charge in [-0.15, -0.1) is 0 Å². The fourth-order valence-electron chi connectivity index (χ4n) is 2.05. The molecule has 0 bridgehead atoms. The Bertz CT molecular complexity index is 432. The van der Waals surface area contributed by atoms with Crippen LogP contribution < -0.4 is 15.8 Å². The van der Waals surface area contributed by atoms with Gasteiger partial charge in [0.2, 0.25) is 5.91 Å². The number of unbranched alkanes of at least 4 members (excludes halogenated alkanes) is 1. The summed E-state index contributed by atoms with van der Waals surface area (Å²) in [5, 5.41) is 2.86. The van der Waals surface area contributed by atoms with Gasteiger partial charge in [0.1, 0.15) is 5.75 Å². The van der Waals surface area contributed by atoms with Crippen molar-refractivity contribution >= 4 is 11.6 Å². The fourth-order valence-corrected chi connectivity index (χ4v) is 2.05. The lowest BCUT2D eigenvalue weighted by molar-refractivity contribution is -0.117. The maximum Gasteiger partial charge on any atom is 0.241 e. The minimum atomic E-state index is -0.422. The third kappa shape index (κ3) is 3.01. The maximum absolute atomic E-state index is 11.9. The summed E-state index contributed by atoms with van der Waals surface area (Å²) in [5.41, 5.74) is 7.78. The Balaban J connectivity index is 1.94. The lowest BCUT2D eigenvalue weighted by Gasteiger charge is -2.12. The highest BCUT2D eigenvalue weighted by molar-refractivity contribution is 5.94. The van der Waals surface area contributed by atoms with Gasteiger partial charge in [-0.1, -0.05) is 19.8 Å². The first-order valence-electron chi connectivity index (χ1n) is 6.53. The van der Waals surface area contributed by atoms with E-state index in [-0.39, 0.29) is 5.91 Å². The van der Waals surface area contributed by atoms with E-state index in [2.05, 4.69) is 12.2 Å². The molecule has 0 fully saturated rings. The van der Waals surface area contributed by atoms with Crippen LogP contribution in [0, 0.1) is 0 Å². The zero-order chi connectivity index (χ0) is 13.0. The summed E-state index contributed by atoms with van der Waals surface area (Å²) < 4.78 is 5.42. The van der Waals surface area contributed by atoms with Crippen LogP contribution in [0.4, 0.5) is 5.69 Å². The number of hydrogen-bond donors (Lipinski definition) is 2. The van der Waals surface area contributed by atoms with Crippen LogP contribution in [0.2, 0.25) is 0 Å². The number of rotatable bonds is 5.